The van der Waals surface area contributed by atoms with Gasteiger partial charge in [-0.15, -0.1) is 0 Å². The van der Waals surface area contributed by atoms with Crippen molar-refractivity contribution in [1.82, 2.24) is 9.88 Å². The van der Waals surface area contributed by atoms with Gasteiger partial charge in [-0.05, 0) is 54.1 Å². The third kappa shape index (κ3) is 4.76. The quantitative estimate of drug-likeness (QED) is 0.396. The molecule has 0 saturated carbocycles. The van der Waals surface area contributed by atoms with E-state index in [1.807, 2.05) is 0 Å². The molecule has 4 rings (SSSR count). The number of carboxylic acids is 1. The van der Waals surface area contributed by atoms with Gasteiger partial charge in [0.05, 0.1) is 22.8 Å². The average molecular weight is 485 g/mol. The number of aromatic hydroxyl groups is 1. The van der Waals surface area contributed by atoms with Crippen molar-refractivity contribution in [3.8, 4) is 17.0 Å². The zero-order valence-corrected chi connectivity index (χ0v) is 18.3. The number of hydrogen-bond acceptors (Lipinski definition) is 6. The first-order chi connectivity index (χ1) is 15.7. The Bertz CT molecular complexity index is 1340. The molecule has 1 fully saturated rings. The van der Waals surface area contributed by atoms with Crippen LogP contribution >= 0.6 is 24.0 Å². The summed E-state index contributed by atoms with van der Waals surface area (Å²) in [5.74, 6) is -3.97. The van der Waals surface area contributed by atoms with Crippen molar-refractivity contribution in [2.24, 2.45) is 0 Å². The van der Waals surface area contributed by atoms with Crippen LogP contribution in [0.25, 0.3) is 17.3 Å². The molecule has 0 unspecified atom stereocenters. The summed E-state index contributed by atoms with van der Waals surface area (Å²) in [6.07, 6.45) is 1.55. The standard InChI is InChI=1S/C23H14F2N2O4S2/c24-16-7-5-13(9-17(16)25)18-3-1-2-14(26-18)10-20-21(29)27(23(32)33-20)11-12-4-6-15(22(30)31)19(28)8-12/h1-10,28H,11H2,(H,30,31)/b20-10-. The number of aromatic carboxylic acids is 1. The van der Waals surface area contributed by atoms with Crippen molar-refractivity contribution in [3.63, 3.8) is 0 Å². The summed E-state index contributed by atoms with van der Waals surface area (Å²) in [6, 6.07) is 12.5. The molecule has 1 amide bonds. The van der Waals surface area contributed by atoms with E-state index < -0.39 is 23.4 Å². The first-order valence-corrected chi connectivity index (χ1v) is 10.7. The number of thiocarbonyl (C=S) groups is 1. The van der Waals surface area contributed by atoms with E-state index in [0.717, 1.165) is 23.9 Å². The predicted molar refractivity (Wildman–Crippen MR) is 123 cm³/mol. The van der Waals surface area contributed by atoms with Gasteiger partial charge >= 0.3 is 5.97 Å². The van der Waals surface area contributed by atoms with Crippen molar-refractivity contribution in [2.75, 3.05) is 0 Å². The third-order valence-corrected chi connectivity index (χ3v) is 6.15. The van der Waals surface area contributed by atoms with Crippen LogP contribution in [0.5, 0.6) is 5.75 Å². The monoisotopic (exact) mass is 484 g/mol. The lowest BCUT2D eigenvalue weighted by molar-refractivity contribution is -0.122. The number of aromatic nitrogens is 1. The summed E-state index contributed by atoms with van der Waals surface area (Å²) in [7, 11) is 0. The Labute approximate surface area is 196 Å². The minimum absolute atomic E-state index is 0.0534. The minimum atomic E-state index is -1.26. The van der Waals surface area contributed by atoms with Crippen LogP contribution in [0.15, 0.2) is 59.5 Å². The fourth-order valence-corrected chi connectivity index (χ4v) is 4.40. The van der Waals surface area contributed by atoms with Crippen molar-refractivity contribution in [1.29, 1.82) is 0 Å². The van der Waals surface area contributed by atoms with Gasteiger partial charge in [0.2, 0.25) is 0 Å². The number of pyridine rings is 1. The number of amides is 1. The second-order valence-electron chi connectivity index (χ2n) is 7.00. The first-order valence-electron chi connectivity index (χ1n) is 9.46. The number of carbonyl (C=O) groups is 2. The van der Waals surface area contributed by atoms with Gasteiger partial charge in [0.1, 0.15) is 15.6 Å². The molecular formula is C23H14F2N2O4S2. The molecule has 1 saturated heterocycles. The molecule has 1 aliphatic rings. The lowest BCUT2D eigenvalue weighted by atomic mass is 10.1. The molecule has 2 aromatic carbocycles. The highest BCUT2D eigenvalue weighted by atomic mass is 32.2. The van der Waals surface area contributed by atoms with Gasteiger partial charge < -0.3 is 10.2 Å². The second kappa shape index (κ2) is 9.08. The molecule has 3 aromatic rings. The number of halogens is 2. The number of benzene rings is 2. The van der Waals surface area contributed by atoms with Crippen LogP contribution in [-0.4, -0.2) is 36.3 Å². The summed E-state index contributed by atoms with van der Waals surface area (Å²) in [5, 5.41) is 18.9. The number of carboxylic acid groups (broad SMARTS) is 1. The van der Waals surface area contributed by atoms with E-state index in [0.29, 0.717) is 31.7 Å². The fraction of sp³-hybridized carbons (Fsp3) is 0.0435. The topological polar surface area (TPSA) is 90.7 Å². The number of carbonyl (C=O) groups excluding carboxylic acids is 1. The molecule has 2 heterocycles. The zero-order chi connectivity index (χ0) is 23.7. The van der Waals surface area contributed by atoms with Crippen LogP contribution in [0.4, 0.5) is 8.78 Å². The summed E-state index contributed by atoms with van der Waals surface area (Å²) < 4.78 is 27.1. The summed E-state index contributed by atoms with van der Waals surface area (Å²) in [5.41, 5.74) is 1.50. The summed E-state index contributed by atoms with van der Waals surface area (Å²) in [6.45, 7) is 0.0534. The number of thioether (sulfide) groups is 1. The molecule has 166 valence electrons. The Hall–Kier alpha value is -3.63. The molecule has 6 nitrogen and oxygen atoms in total. The van der Waals surface area contributed by atoms with Gasteiger partial charge in [-0.3, -0.25) is 9.69 Å². The number of hydrogen-bond donors (Lipinski definition) is 2. The molecule has 33 heavy (non-hydrogen) atoms. The van der Waals surface area contributed by atoms with E-state index in [2.05, 4.69) is 4.98 Å². The molecule has 1 aliphatic heterocycles. The Morgan fingerprint density at radius 1 is 1.12 bits per heavy atom. The highest BCUT2D eigenvalue weighted by molar-refractivity contribution is 8.26. The van der Waals surface area contributed by atoms with Crippen LogP contribution < -0.4 is 0 Å². The van der Waals surface area contributed by atoms with Crippen molar-refractivity contribution < 1.29 is 28.6 Å². The number of phenols is 1. The zero-order valence-electron chi connectivity index (χ0n) is 16.7. The molecule has 10 heteroatoms. The van der Waals surface area contributed by atoms with Crippen LogP contribution in [0.2, 0.25) is 0 Å². The second-order valence-corrected chi connectivity index (χ2v) is 8.68. The molecular weight excluding hydrogens is 470 g/mol. The third-order valence-electron chi connectivity index (χ3n) is 4.77. The van der Waals surface area contributed by atoms with Crippen molar-refractivity contribution >= 4 is 46.3 Å². The van der Waals surface area contributed by atoms with E-state index in [1.165, 1.54) is 29.2 Å². The van der Waals surface area contributed by atoms with E-state index in [-0.39, 0.29) is 18.0 Å². The van der Waals surface area contributed by atoms with Crippen LogP contribution in [-0.2, 0) is 11.3 Å². The normalized spacial score (nSPS) is 14.8. The van der Waals surface area contributed by atoms with E-state index in [1.54, 1.807) is 24.3 Å². The lowest BCUT2D eigenvalue weighted by Crippen LogP contribution is -2.27. The molecule has 0 radical (unpaired) electrons. The first kappa shape index (κ1) is 22.6. The van der Waals surface area contributed by atoms with Crippen molar-refractivity contribution in [2.45, 2.75) is 6.54 Å². The van der Waals surface area contributed by atoms with Crippen molar-refractivity contribution in [3.05, 3.63) is 88.0 Å². The highest BCUT2D eigenvalue weighted by Crippen LogP contribution is 2.34. The summed E-state index contributed by atoms with van der Waals surface area (Å²) >= 11 is 6.39. The van der Waals surface area contributed by atoms with Gasteiger partial charge in [0.15, 0.2) is 11.6 Å². The molecule has 0 aliphatic carbocycles. The van der Waals surface area contributed by atoms with Gasteiger partial charge in [-0.2, -0.15) is 0 Å². The van der Waals surface area contributed by atoms with E-state index in [4.69, 9.17) is 17.3 Å². The number of nitrogens with zero attached hydrogens (tertiary/aromatic N) is 2. The van der Waals surface area contributed by atoms with Gasteiger partial charge in [0.25, 0.3) is 5.91 Å². The van der Waals surface area contributed by atoms with Gasteiger partial charge in [-0.25, -0.2) is 18.6 Å². The number of rotatable bonds is 5. The van der Waals surface area contributed by atoms with Crippen LogP contribution in [0, 0.1) is 11.6 Å². The van der Waals surface area contributed by atoms with E-state index >= 15 is 0 Å². The largest absolute Gasteiger partial charge is 0.507 e. The Morgan fingerprint density at radius 3 is 2.61 bits per heavy atom. The maximum Gasteiger partial charge on any atom is 0.339 e. The molecule has 0 spiro atoms. The SMILES string of the molecule is O=C(O)c1ccc(CN2C(=O)/C(=C/c3cccc(-c4ccc(F)c(F)c4)n3)SC2=S)cc1O. The van der Waals surface area contributed by atoms with Crippen LogP contribution in [0.1, 0.15) is 21.6 Å². The Morgan fingerprint density at radius 2 is 1.91 bits per heavy atom. The Balaban J connectivity index is 1.56. The van der Waals surface area contributed by atoms with E-state index in [9.17, 15) is 23.5 Å². The smallest absolute Gasteiger partial charge is 0.339 e. The maximum absolute atomic E-state index is 13.6. The van der Waals surface area contributed by atoms with Gasteiger partial charge in [-0.1, -0.05) is 36.1 Å². The molecule has 2 N–H and O–H groups in total. The Kier molecular flexibility index (Phi) is 6.21. The lowest BCUT2D eigenvalue weighted by Gasteiger charge is -2.15. The van der Waals surface area contributed by atoms with Gasteiger partial charge in [0, 0.05) is 5.56 Å². The van der Waals surface area contributed by atoms with Crippen LogP contribution in [0.3, 0.4) is 0 Å². The maximum atomic E-state index is 13.6. The predicted octanol–water partition coefficient (Wildman–Crippen LogP) is 4.83. The summed E-state index contributed by atoms with van der Waals surface area (Å²) in [4.78, 5) is 30.0. The highest BCUT2D eigenvalue weighted by Gasteiger charge is 2.32. The molecule has 0 bridgehead atoms. The fourth-order valence-electron chi connectivity index (χ4n) is 3.16. The average Bonchev–Trinajstić information content (AvgIpc) is 3.03. The molecule has 0 atom stereocenters. The minimum Gasteiger partial charge on any atom is -0.507 e. The molecule has 1 aromatic heterocycles.